The van der Waals surface area contributed by atoms with Crippen LogP contribution in [0, 0.1) is 0 Å². The van der Waals surface area contributed by atoms with Gasteiger partial charge in [0.25, 0.3) is 0 Å². The molecular formula is C17H23N5O6. The lowest BCUT2D eigenvalue weighted by Crippen LogP contribution is -2.54. The van der Waals surface area contributed by atoms with Crippen molar-refractivity contribution in [2.75, 3.05) is 13.1 Å². The SMILES string of the molecule is NCC(=O)NCC(=O)NC(Cc1ccccc1)C(=O)NC(CC(N)=O)C(=O)O. The second-order valence-electron chi connectivity index (χ2n) is 5.86. The van der Waals surface area contributed by atoms with Crippen LogP contribution < -0.4 is 27.4 Å². The van der Waals surface area contributed by atoms with Gasteiger partial charge in [-0.1, -0.05) is 30.3 Å². The maximum atomic E-state index is 12.5. The number of rotatable bonds is 11. The molecule has 0 saturated carbocycles. The molecule has 0 aromatic heterocycles. The number of nitrogens with one attached hydrogen (secondary N) is 3. The predicted molar refractivity (Wildman–Crippen MR) is 97.5 cm³/mol. The molecule has 0 saturated heterocycles. The second-order valence-corrected chi connectivity index (χ2v) is 5.86. The Balaban J connectivity index is 2.87. The van der Waals surface area contributed by atoms with E-state index in [0.29, 0.717) is 5.56 Å². The number of carboxylic acid groups (broad SMARTS) is 1. The van der Waals surface area contributed by atoms with Gasteiger partial charge >= 0.3 is 5.97 Å². The Morgan fingerprint density at radius 2 is 1.61 bits per heavy atom. The van der Waals surface area contributed by atoms with Crippen molar-refractivity contribution >= 4 is 29.6 Å². The van der Waals surface area contributed by atoms with Gasteiger partial charge in [-0.2, -0.15) is 0 Å². The number of nitrogens with two attached hydrogens (primary N) is 2. The van der Waals surface area contributed by atoms with E-state index in [-0.39, 0.29) is 13.0 Å². The van der Waals surface area contributed by atoms with E-state index in [1.54, 1.807) is 30.3 Å². The van der Waals surface area contributed by atoms with Crippen molar-refractivity contribution in [1.82, 2.24) is 16.0 Å². The Labute approximate surface area is 160 Å². The highest BCUT2D eigenvalue weighted by atomic mass is 16.4. The fourth-order valence-corrected chi connectivity index (χ4v) is 2.23. The van der Waals surface area contributed by atoms with Crippen LogP contribution in [0.4, 0.5) is 0 Å². The first-order chi connectivity index (χ1) is 13.2. The first kappa shape index (κ1) is 22.6. The third-order valence-electron chi connectivity index (χ3n) is 3.59. The minimum atomic E-state index is -1.53. The van der Waals surface area contributed by atoms with Gasteiger partial charge in [-0.25, -0.2) is 4.79 Å². The predicted octanol–water partition coefficient (Wildman–Crippen LogP) is -2.77. The molecule has 0 heterocycles. The van der Waals surface area contributed by atoms with Gasteiger partial charge in [-0.15, -0.1) is 0 Å². The Kier molecular flexibility index (Phi) is 9.10. The minimum Gasteiger partial charge on any atom is -0.480 e. The standard InChI is InChI=1S/C17H23N5O6/c18-8-14(24)20-9-15(25)21-11(6-10-4-2-1-3-5-10)16(26)22-12(17(27)28)7-13(19)23/h1-5,11-12H,6-9,18H2,(H2,19,23)(H,20,24)(H,21,25)(H,22,26)(H,27,28). The van der Waals surface area contributed by atoms with E-state index in [4.69, 9.17) is 16.6 Å². The van der Waals surface area contributed by atoms with Crippen LogP contribution in [0.1, 0.15) is 12.0 Å². The zero-order valence-electron chi connectivity index (χ0n) is 15.0. The zero-order chi connectivity index (χ0) is 21.1. The van der Waals surface area contributed by atoms with Crippen LogP contribution in [-0.4, -0.2) is 59.9 Å². The first-order valence-corrected chi connectivity index (χ1v) is 8.34. The molecule has 2 atom stereocenters. The van der Waals surface area contributed by atoms with Gasteiger partial charge in [0, 0.05) is 6.42 Å². The maximum absolute atomic E-state index is 12.5. The lowest BCUT2D eigenvalue weighted by Gasteiger charge is -2.21. The van der Waals surface area contributed by atoms with Gasteiger partial charge in [-0.05, 0) is 5.56 Å². The summed E-state index contributed by atoms with van der Waals surface area (Å²) < 4.78 is 0. The number of aliphatic carboxylic acids is 1. The number of hydrogen-bond acceptors (Lipinski definition) is 6. The molecule has 2 unspecified atom stereocenters. The number of amides is 4. The van der Waals surface area contributed by atoms with E-state index < -0.39 is 54.6 Å². The second kappa shape index (κ2) is 11.3. The first-order valence-electron chi connectivity index (χ1n) is 8.34. The molecular weight excluding hydrogens is 370 g/mol. The summed E-state index contributed by atoms with van der Waals surface area (Å²) in [7, 11) is 0. The van der Waals surface area contributed by atoms with Crippen LogP contribution in [0.3, 0.4) is 0 Å². The third-order valence-corrected chi connectivity index (χ3v) is 3.59. The van der Waals surface area contributed by atoms with Crippen LogP contribution in [0.15, 0.2) is 30.3 Å². The number of hydrogen-bond donors (Lipinski definition) is 6. The highest BCUT2D eigenvalue weighted by Gasteiger charge is 2.27. The average molecular weight is 393 g/mol. The maximum Gasteiger partial charge on any atom is 0.326 e. The number of benzene rings is 1. The molecule has 11 nitrogen and oxygen atoms in total. The molecule has 0 fully saturated rings. The van der Waals surface area contributed by atoms with Crippen LogP contribution in [0.25, 0.3) is 0 Å². The number of carbonyl (C=O) groups excluding carboxylic acids is 4. The Morgan fingerprint density at radius 1 is 0.964 bits per heavy atom. The van der Waals surface area contributed by atoms with Gasteiger partial charge in [0.2, 0.25) is 23.6 Å². The summed E-state index contributed by atoms with van der Waals surface area (Å²) >= 11 is 0. The molecule has 1 aromatic carbocycles. The van der Waals surface area contributed by atoms with Crippen LogP contribution in [0.2, 0.25) is 0 Å². The van der Waals surface area contributed by atoms with E-state index in [1.165, 1.54) is 0 Å². The van der Waals surface area contributed by atoms with E-state index in [1.807, 2.05) is 0 Å². The van der Waals surface area contributed by atoms with Crippen LogP contribution in [-0.2, 0) is 30.4 Å². The molecule has 0 aliphatic rings. The van der Waals surface area contributed by atoms with Crippen molar-refractivity contribution in [2.24, 2.45) is 11.5 Å². The summed E-state index contributed by atoms with van der Waals surface area (Å²) in [6.07, 6.45) is -0.536. The topological polar surface area (TPSA) is 194 Å². The smallest absolute Gasteiger partial charge is 0.326 e. The molecule has 4 amide bonds. The molecule has 8 N–H and O–H groups in total. The summed E-state index contributed by atoms with van der Waals surface area (Å²) in [5.41, 5.74) is 10.8. The summed E-state index contributed by atoms with van der Waals surface area (Å²) in [6, 6.07) is 6.02. The fourth-order valence-electron chi connectivity index (χ4n) is 2.23. The summed E-state index contributed by atoms with van der Waals surface area (Å²) in [4.78, 5) is 57.9. The van der Waals surface area contributed by atoms with Gasteiger partial charge in [-0.3, -0.25) is 19.2 Å². The molecule has 1 rings (SSSR count). The van der Waals surface area contributed by atoms with Gasteiger partial charge in [0.15, 0.2) is 0 Å². The Hall–Kier alpha value is -3.47. The van der Waals surface area contributed by atoms with Crippen molar-refractivity contribution in [3.05, 3.63) is 35.9 Å². The Bertz CT molecular complexity index is 724. The van der Waals surface area contributed by atoms with E-state index in [9.17, 15) is 24.0 Å². The van der Waals surface area contributed by atoms with E-state index in [0.717, 1.165) is 0 Å². The lowest BCUT2D eigenvalue weighted by molar-refractivity contribution is -0.143. The normalized spacial score (nSPS) is 12.3. The van der Waals surface area contributed by atoms with Gasteiger partial charge in [0.1, 0.15) is 12.1 Å². The van der Waals surface area contributed by atoms with Crippen LogP contribution in [0.5, 0.6) is 0 Å². The summed E-state index contributed by atoms with van der Waals surface area (Å²) in [5.74, 6) is -4.37. The molecule has 0 radical (unpaired) electrons. The molecule has 28 heavy (non-hydrogen) atoms. The van der Waals surface area contributed by atoms with Crippen molar-refractivity contribution < 1.29 is 29.1 Å². The highest BCUT2D eigenvalue weighted by Crippen LogP contribution is 2.05. The molecule has 0 aliphatic heterocycles. The summed E-state index contributed by atoms with van der Waals surface area (Å²) in [5, 5.41) is 16.0. The number of primary amides is 1. The van der Waals surface area contributed by atoms with E-state index in [2.05, 4.69) is 16.0 Å². The Morgan fingerprint density at radius 3 is 2.14 bits per heavy atom. The molecule has 152 valence electrons. The van der Waals surface area contributed by atoms with E-state index >= 15 is 0 Å². The monoisotopic (exact) mass is 393 g/mol. The molecule has 1 aromatic rings. The van der Waals surface area contributed by atoms with Crippen molar-refractivity contribution in [2.45, 2.75) is 24.9 Å². The third kappa shape index (κ3) is 8.27. The largest absolute Gasteiger partial charge is 0.480 e. The molecule has 0 bridgehead atoms. The number of carboxylic acids is 1. The molecule has 0 aliphatic carbocycles. The quantitative estimate of drug-likeness (QED) is 0.234. The summed E-state index contributed by atoms with van der Waals surface area (Å²) in [6.45, 7) is -0.702. The van der Waals surface area contributed by atoms with Crippen molar-refractivity contribution in [3.63, 3.8) is 0 Å². The van der Waals surface area contributed by atoms with Crippen molar-refractivity contribution in [1.29, 1.82) is 0 Å². The molecule has 11 heteroatoms. The van der Waals surface area contributed by atoms with Gasteiger partial charge in [0.05, 0.1) is 19.5 Å². The van der Waals surface area contributed by atoms with Crippen molar-refractivity contribution in [3.8, 4) is 0 Å². The highest BCUT2D eigenvalue weighted by molar-refractivity contribution is 5.93. The fraction of sp³-hybridized carbons (Fsp3) is 0.353. The van der Waals surface area contributed by atoms with Crippen LogP contribution >= 0.6 is 0 Å². The molecule has 0 spiro atoms. The van der Waals surface area contributed by atoms with Gasteiger partial charge < -0.3 is 32.5 Å². The zero-order valence-corrected chi connectivity index (χ0v) is 15.0. The number of carbonyl (C=O) groups is 5. The average Bonchev–Trinajstić information content (AvgIpc) is 2.65. The lowest BCUT2D eigenvalue weighted by atomic mass is 10.0. The minimum absolute atomic E-state index is 0.0617.